The van der Waals surface area contributed by atoms with Gasteiger partial charge in [-0.2, -0.15) is 0 Å². The van der Waals surface area contributed by atoms with Crippen LogP contribution in [0.15, 0.2) is 24.4 Å². The molecule has 0 aliphatic heterocycles. The number of phenolic OH excluding ortho intramolecular Hbond substituents is 1. The van der Waals surface area contributed by atoms with Crippen molar-refractivity contribution in [3.63, 3.8) is 0 Å². The van der Waals surface area contributed by atoms with Crippen LogP contribution in [0.3, 0.4) is 0 Å². The standard InChI is InChI=1S/C11H12NO.2CH3.In/c1-2-4-8-7-12-9-5-3-6-10(13)11(8)9;;;/h3,5-7,12-13H,1-2,4H2;2*1H3;. The Hall–Kier alpha value is -0.570. The Morgan fingerprint density at radius 3 is 2.88 bits per heavy atom. The second-order valence-corrected chi connectivity index (χ2v) is 14.4. The molecule has 16 heavy (non-hydrogen) atoms. The van der Waals surface area contributed by atoms with Gasteiger partial charge in [0.1, 0.15) is 0 Å². The number of aryl methyl sites for hydroxylation is 1. The fourth-order valence-electron chi connectivity index (χ4n) is 2.13. The van der Waals surface area contributed by atoms with E-state index in [0.29, 0.717) is 5.75 Å². The maximum atomic E-state index is 9.84. The van der Waals surface area contributed by atoms with E-state index in [0.717, 1.165) is 17.3 Å². The van der Waals surface area contributed by atoms with Crippen LogP contribution < -0.4 is 0 Å². The first-order chi connectivity index (χ1) is 7.68. The first-order valence-corrected chi connectivity index (χ1v) is 14.9. The van der Waals surface area contributed by atoms with Gasteiger partial charge in [-0.25, -0.2) is 0 Å². The van der Waals surface area contributed by atoms with E-state index < -0.39 is 21.4 Å². The Balaban J connectivity index is 2.18. The molecule has 0 aliphatic rings. The molecule has 2 nitrogen and oxygen atoms in total. The van der Waals surface area contributed by atoms with Crippen molar-refractivity contribution in [2.45, 2.75) is 26.4 Å². The van der Waals surface area contributed by atoms with Gasteiger partial charge in [-0.15, -0.1) is 0 Å². The van der Waals surface area contributed by atoms with E-state index in [1.807, 2.05) is 18.3 Å². The monoisotopic (exact) mass is 319 g/mol. The van der Waals surface area contributed by atoms with Crippen molar-refractivity contribution in [1.29, 1.82) is 0 Å². The Morgan fingerprint density at radius 2 is 2.12 bits per heavy atom. The maximum absolute atomic E-state index is 9.84. The summed E-state index contributed by atoms with van der Waals surface area (Å²) in [5.41, 5.74) is 2.31. The Morgan fingerprint density at radius 1 is 1.31 bits per heavy atom. The van der Waals surface area contributed by atoms with Crippen molar-refractivity contribution in [1.82, 2.24) is 4.98 Å². The zero-order valence-corrected chi connectivity index (χ0v) is 13.3. The van der Waals surface area contributed by atoms with Gasteiger partial charge in [0.15, 0.2) is 0 Å². The van der Waals surface area contributed by atoms with E-state index >= 15 is 0 Å². The van der Waals surface area contributed by atoms with Gasteiger partial charge in [-0.3, -0.25) is 0 Å². The van der Waals surface area contributed by atoms with Gasteiger partial charge in [0.25, 0.3) is 0 Å². The first kappa shape index (κ1) is 11.9. The number of aromatic hydroxyl groups is 1. The predicted molar refractivity (Wildman–Crippen MR) is 70.6 cm³/mol. The quantitative estimate of drug-likeness (QED) is 0.888. The van der Waals surface area contributed by atoms with E-state index in [9.17, 15) is 5.11 Å². The zero-order valence-electron chi connectivity index (χ0n) is 9.96. The molecule has 0 fully saturated rings. The molecule has 1 aromatic carbocycles. The zero-order chi connectivity index (χ0) is 11.5. The minimum atomic E-state index is -1.05. The van der Waals surface area contributed by atoms with Gasteiger partial charge < -0.3 is 0 Å². The SMILES string of the molecule is [CH3][In]([CH3])[CH2]CCc1c[nH]c2cccc(O)c12. The summed E-state index contributed by atoms with van der Waals surface area (Å²) < 4.78 is 6.35. The summed E-state index contributed by atoms with van der Waals surface area (Å²) in [5, 5.41) is 10.9. The molecule has 0 amide bonds. The van der Waals surface area contributed by atoms with Crippen molar-refractivity contribution in [3.05, 3.63) is 30.0 Å². The van der Waals surface area contributed by atoms with Crippen LogP contribution in [0, 0.1) is 0 Å². The number of nitrogens with one attached hydrogen (secondary N) is 1. The normalized spacial score (nSPS) is 10.9. The number of benzene rings is 1. The summed E-state index contributed by atoms with van der Waals surface area (Å²) in [6.07, 6.45) is 4.40. The average molecular weight is 319 g/mol. The van der Waals surface area contributed by atoms with Crippen LogP contribution in [-0.4, -0.2) is 31.5 Å². The summed E-state index contributed by atoms with van der Waals surface area (Å²) in [4.78, 5) is 3.22. The van der Waals surface area contributed by atoms with Gasteiger partial charge in [-0.05, 0) is 0 Å². The summed E-state index contributed by atoms with van der Waals surface area (Å²) >= 11 is -1.05. The fourth-order valence-corrected chi connectivity index (χ4v) is 5.05. The van der Waals surface area contributed by atoms with E-state index in [4.69, 9.17) is 0 Å². The number of aromatic amines is 1. The third-order valence-electron chi connectivity index (χ3n) is 2.99. The van der Waals surface area contributed by atoms with E-state index in [1.165, 1.54) is 16.2 Å². The molecule has 0 saturated carbocycles. The van der Waals surface area contributed by atoms with Crippen LogP contribution in [0.4, 0.5) is 0 Å². The molecule has 0 atom stereocenters. The van der Waals surface area contributed by atoms with Crippen LogP contribution >= 0.6 is 0 Å². The molecule has 1 aromatic heterocycles. The minimum absolute atomic E-state index is 0.404. The van der Waals surface area contributed by atoms with Crippen LogP contribution in [0.25, 0.3) is 10.9 Å². The molecule has 2 rings (SSSR count). The van der Waals surface area contributed by atoms with Gasteiger partial charge in [0.2, 0.25) is 0 Å². The molecule has 1 heterocycles. The van der Waals surface area contributed by atoms with Gasteiger partial charge in [0.05, 0.1) is 0 Å². The van der Waals surface area contributed by atoms with Crippen LogP contribution in [0.1, 0.15) is 12.0 Å². The summed E-state index contributed by atoms with van der Waals surface area (Å²) in [7, 11) is 0. The molecule has 0 radical (unpaired) electrons. The second kappa shape index (κ2) is 5.17. The molecule has 0 aliphatic carbocycles. The number of fused-ring (bicyclic) bond motifs is 1. The van der Waals surface area contributed by atoms with Crippen molar-refractivity contribution < 1.29 is 5.11 Å². The average Bonchev–Trinajstić information content (AvgIpc) is 2.62. The Kier molecular flexibility index (Phi) is 3.85. The molecule has 0 spiro atoms. The predicted octanol–water partition coefficient (Wildman–Crippen LogP) is 3.56. The van der Waals surface area contributed by atoms with Crippen molar-refractivity contribution in [2.24, 2.45) is 0 Å². The summed E-state index contributed by atoms with van der Waals surface area (Å²) in [6, 6.07) is 5.66. The Labute approximate surface area is 104 Å². The molecular weight excluding hydrogens is 301 g/mol. The number of hydrogen-bond donors (Lipinski definition) is 2. The van der Waals surface area contributed by atoms with Crippen molar-refractivity contribution in [3.8, 4) is 5.75 Å². The topological polar surface area (TPSA) is 36.0 Å². The third-order valence-corrected chi connectivity index (χ3v) is 7.45. The second-order valence-electron chi connectivity index (χ2n) is 4.80. The summed E-state index contributed by atoms with van der Waals surface area (Å²) in [6.45, 7) is 0. The molecule has 0 bridgehead atoms. The molecule has 3 heteroatoms. The number of hydrogen-bond acceptors (Lipinski definition) is 1. The number of phenols is 1. The molecular formula is C13H18InNO. The van der Waals surface area contributed by atoms with Crippen LogP contribution in [-0.2, 0) is 6.42 Å². The number of rotatable bonds is 4. The van der Waals surface area contributed by atoms with Gasteiger partial charge in [-0.1, -0.05) is 0 Å². The third kappa shape index (κ3) is 2.57. The van der Waals surface area contributed by atoms with Gasteiger partial charge in [0, 0.05) is 0 Å². The van der Waals surface area contributed by atoms with E-state index in [1.54, 1.807) is 6.07 Å². The molecule has 2 N–H and O–H groups in total. The van der Waals surface area contributed by atoms with E-state index in [2.05, 4.69) is 14.3 Å². The first-order valence-electron chi connectivity index (χ1n) is 5.96. The van der Waals surface area contributed by atoms with Gasteiger partial charge >= 0.3 is 105 Å². The number of aromatic nitrogens is 1. The summed E-state index contributed by atoms with van der Waals surface area (Å²) in [5.74, 6) is 0.404. The Bertz CT molecular complexity index is 476. The fraction of sp³-hybridized carbons (Fsp3) is 0.385. The molecule has 0 saturated heterocycles. The number of H-pyrrole nitrogens is 1. The molecule has 84 valence electrons. The van der Waals surface area contributed by atoms with Crippen LogP contribution in [0.5, 0.6) is 5.75 Å². The van der Waals surface area contributed by atoms with Crippen molar-refractivity contribution >= 4 is 32.3 Å². The van der Waals surface area contributed by atoms with Crippen LogP contribution in [0.2, 0.25) is 13.5 Å². The van der Waals surface area contributed by atoms with E-state index in [-0.39, 0.29) is 0 Å². The molecule has 0 unspecified atom stereocenters. The van der Waals surface area contributed by atoms with Crippen molar-refractivity contribution in [2.75, 3.05) is 0 Å². The molecule has 2 aromatic rings.